The molecular weight excluding hydrogens is 236 g/mol. The van der Waals surface area contributed by atoms with Gasteiger partial charge in [0, 0.05) is 6.42 Å². The number of hydrogen-bond acceptors (Lipinski definition) is 3. The van der Waals surface area contributed by atoms with Crippen molar-refractivity contribution < 1.29 is 4.42 Å². The van der Waals surface area contributed by atoms with Crippen LogP contribution in [0, 0.1) is 19.8 Å². The first-order valence-corrected chi connectivity index (χ1v) is 7.30. The van der Waals surface area contributed by atoms with Crippen molar-refractivity contribution in [2.24, 2.45) is 5.92 Å². The maximum atomic E-state index is 5.91. The topological polar surface area (TPSA) is 38.1 Å². The molecule has 0 spiro atoms. The summed E-state index contributed by atoms with van der Waals surface area (Å²) in [4.78, 5) is 4.63. The minimum absolute atomic E-state index is 0.784. The highest BCUT2D eigenvalue weighted by molar-refractivity contribution is 5.77. The van der Waals surface area contributed by atoms with E-state index >= 15 is 0 Å². The van der Waals surface area contributed by atoms with E-state index in [1.54, 1.807) is 0 Å². The number of piperidine rings is 1. The summed E-state index contributed by atoms with van der Waals surface area (Å²) in [6.07, 6.45) is 4.78. The van der Waals surface area contributed by atoms with Crippen molar-refractivity contribution in [2.45, 2.75) is 39.5 Å². The molecule has 1 aliphatic heterocycles. The first kappa shape index (κ1) is 12.7. The third kappa shape index (κ3) is 2.81. The van der Waals surface area contributed by atoms with Crippen LogP contribution in [0.1, 0.15) is 36.3 Å². The van der Waals surface area contributed by atoms with Crippen LogP contribution in [0.4, 0.5) is 0 Å². The highest BCUT2D eigenvalue weighted by Gasteiger charge is 2.15. The van der Waals surface area contributed by atoms with Crippen molar-refractivity contribution >= 4 is 11.1 Å². The van der Waals surface area contributed by atoms with Gasteiger partial charge in [-0.3, -0.25) is 0 Å². The van der Waals surface area contributed by atoms with Gasteiger partial charge >= 0.3 is 0 Å². The highest BCUT2D eigenvalue weighted by atomic mass is 16.3. The number of nitrogens with zero attached hydrogens (tertiary/aromatic N) is 1. The molecule has 0 saturated carbocycles. The Morgan fingerprint density at radius 1 is 1.37 bits per heavy atom. The number of hydrogen-bond donors (Lipinski definition) is 1. The molecule has 3 rings (SSSR count). The Bertz CT molecular complexity index is 567. The average Bonchev–Trinajstić information content (AvgIpc) is 2.81. The van der Waals surface area contributed by atoms with Gasteiger partial charge in [0.2, 0.25) is 0 Å². The van der Waals surface area contributed by atoms with Gasteiger partial charge in [-0.05, 0) is 69.3 Å². The molecule has 1 aromatic heterocycles. The number of rotatable bonds is 3. The lowest BCUT2D eigenvalue weighted by molar-refractivity contribution is 0.347. The highest BCUT2D eigenvalue weighted by Crippen LogP contribution is 2.23. The summed E-state index contributed by atoms with van der Waals surface area (Å²) in [5.41, 5.74) is 4.41. The quantitative estimate of drug-likeness (QED) is 0.917. The minimum Gasteiger partial charge on any atom is -0.440 e. The molecule has 0 amide bonds. The van der Waals surface area contributed by atoms with Crippen LogP contribution >= 0.6 is 0 Å². The van der Waals surface area contributed by atoms with Crippen LogP contribution in [0.15, 0.2) is 16.5 Å². The predicted molar refractivity (Wildman–Crippen MR) is 77.4 cm³/mol. The van der Waals surface area contributed by atoms with Gasteiger partial charge in [-0.2, -0.15) is 0 Å². The van der Waals surface area contributed by atoms with Gasteiger partial charge in [0.25, 0.3) is 0 Å². The second-order valence-corrected chi connectivity index (χ2v) is 5.79. The van der Waals surface area contributed by atoms with Gasteiger partial charge in [-0.25, -0.2) is 4.98 Å². The van der Waals surface area contributed by atoms with Crippen LogP contribution in [0.2, 0.25) is 0 Å². The molecule has 19 heavy (non-hydrogen) atoms. The van der Waals surface area contributed by atoms with E-state index in [0.717, 1.165) is 35.9 Å². The van der Waals surface area contributed by atoms with Gasteiger partial charge in [0.15, 0.2) is 11.5 Å². The van der Waals surface area contributed by atoms with Crippen LogP contribution in [0.5, 0.6) is 0 Å². The van der Waals surface area contributed by atoms with Crippen molar-refractivity contribution in [3.05, 3.63) is 29.2 Å². The number of aryl methyl sites for hydroxylation is 3. The molecule has 3 nitrogen and oxygen atoms in total. The van der Waals surface area contributed by atoms with Gasteiger partial charge < -0.3 is 9.73 Å². The molecule has 3 heteroatoms. The first-order valence-electron chi connectivity index (χ1n) is 7.30. The summed E-state index contributed by atoms with van der Waals surface area (Å²) < 4.78 is 5.91. The van der Waals surface area contributed by atoms with Crippen molar-refractivity contribution in [2.75, 3.05) is 13.1 Å². The van der Waals surface area contributed by atoms with Gasteiger partial charge in [0.1, 0.15) is 5.52 Å². The summed E-state index contributed by atoms with van der Waals surface area (Å²) in [5, 5.41) is 3.46. The standard InChI is InChI=1S/C16H22N2O/c1-11-8-12(2)16-14(9-11)18-15(19-16)6-5-13-4-3-7-17-10-13/h8-9,13,17H,3-7,10H2,1-2H3. The molecule has 0 bridgehead atoms. The maximum absolute atomic E-state index is 5.91. The molecule has 1 fully saturated rings. The molecule has 1 atom stereocenters. The van der Waals surface area contributed by atoms with E-state index in [-0.39, 0.29) is 0 Å². The molecule has 0 radical (unpaired) electrons. The Balaban J connectivity index is 1.72. The smallest absolute Gasteiger partial charge is 0.195 e. The van der Waals surface area contributed by atoms with E-state index in [1.807, 2.05) is 0 Å². The number of aromatic nitrogens is 1. The van der Waals surface area contributed by atoms with E-state index in [1.165, 1.54) is 36.9 Å². The van der Waals surface area contributed by atoms with Crippen molar-refractivity contribution in [3.8, 4) is 0 Å². The summed E-state index contributed by atoms with van der Waals surface area (Å²) in [6, 6.07) is 4.26. The largest absolute Gasteiger partial charge is 0.440 e. The normalized spacial score (nSPS) is 20.0. The molecular formula is C16H22N2O. The summed E-state index contributed by atoms with van der Waals surface area (Å²) >= 11 is 0. The molecule has 102 valence electrons. The zero-order chi connectivity index (χ0) is 13.2. The zero-order valence-electron chi connectivity index (χ0n) is 11.8. The third-order valence-electron chi connectivity index (χ3n) is 4.03. The number of fused-ring (bicyclic) bond motifs is 1. The maximum Gasteiger partial charge on any atom is 0.195 e. The van der Waals surface area contributed by atoms with Crippen LogP contribution in [-0.4, -0.2) is 18.1 Å². The Hall–Kier alpha value is -1.35. The number of nitrogens with one attached hydrogen (secondary N) is 1. The predicted octanol–water partition coefficient (Wildman–Crippen LogP) is 3.38. The number of benzene rings is 1. The second kappa shape index (κ2) is 5.33. The van der Waals surface area contributed by atoms with Crippen molar-refractivity contribution in [3.63, 3.8) is 0 Å². The van der Waals surface area contributed by atoms with E-state index in [2.05, 4.69) is 36.3 Å². The Morgan fingerprint density at radius 2 is 2.26 bits per heavy atom. The van der Waals surface area contributed by atoms with Crippen LogP contribution in [0.25, 0.3) is 11.1 Å². The average molecular weight is 258 g/mol. The summed E-state index contributed by atoms with van der Waals surface area (Å²) in [6.45, 7) is 6.53. The monoisotopic (exact) mass is 258 g/mol. The van der Waals surface area contributed by atoms with E-state index in [4.69, 9.17) is 4.42 Å². The third-order valence-corrected chi connectivity index (χ3v) is 4.03. The SMILES string of the molecule is Cc1cc(C)c2oc(CCC3CCCNC3)nc2c1. The second-order valence-electron chi connectivity index (χ2n) is 5.79. The van der Waals surface area contributed by atoms with E-state index < -0.39 is 0 Å². The van der Waals surface area contributed by atoms with E-state index in [0.29, 0.717) is 0 Å². The lowest BCUT2D eigenvalue weighted by Crippen LogP contribution is -2.29. The Kier molecular flexibility index (Phi) is 3.56. The molecule has 2 heterocycles. The van der Waals surface area contributed by atoms with Gasteiger partial charge in [-0.15, -0.1) is 0 Å². The van der Waals surface area contributed by atoms with E-state index in [9.17, 15) is 0 Å². The van der Waals surface area contributed by atoms with Crippen molar-refractivity contribution in [1.82, 2.24) is 10.3 Å². The lowest BCUT2D eigenvalue weighted by atomic mass is 9.95. The fraction of sp³-hybridized carbons (Fsp3) is 0.562. The Morgan fingerprint density at radius 3 is 3.05 bits per heavy atom. The van der Waals surface area contributed by atoms with Gasteiger partial charge in [-0.1, -0.05) is 6.07 Å². The van der Waals surface area contributed by atoms with Gasteiger partial charge in [0.05, 0.1) is 0 Å². The number of oxazole rings is 1. The lowest BCUT2D eigenvalue weighted by Gasteiger charge is -2.21. The fourth-order valence-electron chi connectivity index (χ4n) is 3.03. The zero-order valence-corrected chi connectivity index (χ0v) is 11.8. The van der Waals surface area contributed by atoms with Crippen LogP contribution in [-0.2, 0) is 6.42 Å². The van der Waals surface area contributed by atoms with Crippen molar-refractivity contribution in [1.29, 1.82) is 0 Å². The minimum atomic E-state index is 0.784. The molecule has 1 unspecified atom stereocenters. The molecule has 0 aliphatic carbocycles. The molecule has 2 aromatic rings. The fourth-order valence-corrected chi connectivity index (χ4v) is 3.03. The molecule has 1 aliphatic rings. The van der Waals surface area contributed by atoms with Crippen LogP contribution < -0.4 is 5.32 Å². The molecule has 1 saturated heterocycles. The summed E-state index contributed by atoms with van der Waals surface area (Å²) in [5.74, 6) is 1.68. The van der Waals surface area contributed by atoms with Crippen LogP contribution in [0.3, 0.4) is 0 Å². The molecule has 1 N–H and O–H groups in total. The Labute approximate surface area is 114 Å². The summed E-state index contributed by atoms with van der Waals surface area (Å²) in [7, 11) is 0. The molecule has 1 aromatic carbocycles. The first-order chi connectivity index (χ1) is 9.22.